The first-order valence-electron chi connectivity index (χ1n) is 5.26. The van der Waals surface area contributed by atoms with E-state index < -0.39 is 0 Å². The van der Waals surface area contributed by atoms with Gasteiger partial charge in [0.25, 0.3) is 0 Å². The largest absolute Gasteiger partial charge is 0.0780 e. The van der Waals surface area contributed by atoms with Crippen LogP contribution >= 0.6 is 0 Å². The molecule has 1 aromatic carbocycles. The Hall–Kier alpha value is -1.04. The van der Waals surface area contributed by atoms with Gasteiger partial charge < -0.3 is 0 Å². The first-order chi connectivity index (χ1) is 6.52. The van der Waals surface area contributed by atoms with Gasteiger partial charge in [0.15, 0.2) is 0 Å². The van der Waals surface area contributed by atoms with Gasteiger partial charge in [0, 0.05) is 0 Å². The molecular formula is C14H20. The Kier molecular flexibility index (Phi) is 3.51. The Morgan fingerprint density at radius 3 is 2.14 bits per heavy atom. The molecule has 1 aromatic rings. The summed E-state index contributed by atoms with van der Waals surface area (Å²) in [7, 11) is 0. The lowest BCUT2D eigenvalue weighted by molar-refractivity contribution is 0.335. The van der Waals surface area contributed by atoms with Crippen LogP contribution in [0.15, 0.2) is 36.4 Å². The Morgan fingerprint density at radius 2 is 1.64 bits per heavy atom. The Bertz CT molecular complexity index is 291. The van der Waals surface area contributed by atoms with Crippen LogP contribution in [0.25, 0.3) is 6.08 Å². The summed E-state index contributed by atoms with van der Waals surface area (Å²) in [6, 6.07) is 10.5. The van der Waals surface area contributed by atoms with Crippen molar-refractivity contribution in [3.63, 3.8) is 0 Å². The van der Waals surface area contributed by atoms with Crippen molar-refractivity contribution in [2.75, 3.05) is 0 Å². The minimum atomic E-state index is 0.274. The van der Waals surface area contributed by atoms with Crippen LogP contribution in [0.1, 0.15) is 33.3 Å². The summed E-state index contributed by atoms with van der Waals surface area (Å²) in [5.74, 6) is 0.669. The van der Waals surface area contributed by atoms with Crippen LogP contribution in [0.2, 0.25) is 0 Å². The molecule has 0 saturated carbocycles. The maximum Gasteiger partial charge on any atom is -0.0149 e. The zero-order valence-corrected chi connectivity index (χ0v) is 9.62. The molecule has 0 nitrogen and oxygen atoms in total. The predicted molar refractivity (Wildman–Crippen MR) is 64.1 cm³/mol. The van der Waals surface area contributed by atoms with E-state index in [1.165, 1.54) is 5.56 Å². The summed E-state index contributed by atoms with van der Waals surface area (Å²) in [6.07, 6.45) is 4.51. The van der Waals surface area contributed by atoms with E-state index in [9.17, 15) is 0 Å². The molecule has 0 spiro atoms. The van der Waals surface area contributed by atoms with Crippen molar-refractivity contribution in [3.05, 3.63) is 42.0 Å². The number of hydrogen-bond donors (Lipinski definition) is 0. The third-order valence-corrected chi connectivity index (χ3v) is 2.99. The van der Waals surface area contributed by atoms with Gasteiger partial charge in [-0.1, -0.05) is 70.2 Å². The van der Waals surface area contributed by atoms with Gasteiger partial charge >= 0.3 is 0 Å². The van der Waals surface area contributed by atoms with Gasteiger partial charge in [-0.2, -0.15) is 0 Å². The minimum absolute atomic E-state index is 0.274. The predicted octanol–water partition coefficient (Wildman–Crippen LogP) is 4.38. The SMILES string of the molecule is CC(C)C(C)(C)/C=C/c1ccccc1. The van der Waals surface area contributed by atoms with Gasteiger partial charge in [-0.3, -0.25) is 0 Å². The highest BCUT2D eigenvalue weighted by molar-refractivity contribution is 5.49. The summed E-state index contributed by atoms with van der Waals surface area (Å²) in [5, 5.41) is 0. The molecule has 0 aliphatic rings. The molecule has 0 aromatic heterocycles. The van der Waals surface area contributed by atoms with E-state index in [0.29, 0.717) is 5.92 Å². The lowest BCUT2D eigenvalue weighted by Crippen LogP contribution is -2.15. The van der Waals surface area contributed by atoms with Crippen molar-refractivity contribution in [3.8, 4) is 0 Å². The minimum Gasteiger partial charge on any atom is -0.0780 e. The second kappa shape index (κ2) is 4.45. The number of rotatable bonds is 3. The Morgan fingerprint density at radius 1 is 1.07 bits per heavy atom. The summed E-state index contributed by atoms with van der Waals surface area (Å²) in [4.78, 5) is 0. The van der Waals surface area contributed by atoms with Gasteiger partial charge in [0.2, 0.25) is 0 Å². The average Bonchev–Trinajstić information content (AvgIpc) is 2.16. The molecule has 0 aliphatic carbocycles. The van der Waals surface area contributed by atoms with Crippen LogP contribution in [0.5, 0.6) is 0 Å². The summed E-state index contributed by atoms with van der Waals surface area (Å²) < 4.78 is 0. The van der Waals surface area contributed by atoms with Gasteiger partial charge in [0.05, 0.1) is 0 Å². The zero-order chi connectivity index (χ0) is 10.6. The number of allylic oxidation sites excluding steroid dienone is 1. The van der Waals surface area contributed by atoms with E-state index in [1.54, 1.807) is 0 Å². The molecule has 0 bridgehead atoms. The van der Waals surface area contributed by atoms with Gasteiger partial charge in [0.1, 0.15) is 0 Å². The fourth-order valence-electron chi connectivity index (χ4n) is 1.07. The number of benzene rings is 1. The van der Waals surface area contributed by atoms with Crippen molar-refractivity contribution in [1.29, 1.82) is 0 Å². The topological polar surface area (TPSA) is 0 Å². The van der Waals surface area contributed by atoms with Crippen LogP contribution in [0, 0.1) is 11.3 Å². The lowest BCUT2D eigenvalue weighted by Gasteiger charge is -2.25. The van der Waals surface area contributed by atoms with Crippen molar-refractivity contribution < 1.29 is 0 Å². The molecule has 1 rings (SSSR count). The van der Waals surface area contributed by atoms with Crippen molar-refractivity contribution in [1.82, 2.24) is 0 Å². The van der Waals surface area contributed by atoms with Gasteiger partial charge in [-0.05, 0) is 16.9 Å². The van der Waals surface area contributed by atoms with E-state index >= 15 is 0 Å². The third-order valence-electron chi connectivity index (χ3n) is 2.99. The fraction of sp³-hybridized carbons (Fsp3) is 0.429. The van der Waals surface area contributed by atoms with E-state index in [2.05, 4.69) is 64.1 Å². The maximum absolute atomic E-state index is 2.30. The molecule has 0 aliphatic heterocycles. The average molecular weight is 188 g/mol. The molecule has 0 saturated heterocycles. The molecule has 0 heterocycles. The standard InChI is InChI=1S/C14H20/c1-12(2)14(3,4)11-10-13-8-6-5-7-9-13/h5-12H,1-4H3/b11-10+. The van der Waals surface area contributed by atoms with E-state index in [0.717, 1.165) is 0 Å². The third kappa shape index (κ3) is 3.02. The molecule has 0 fully saturated rings. The normalized spacial score (nSPS) is 12.6. The first kappa shape index (κ1) is 11.0. The molecule has 0 radical (unpaired) electrons. The highest BCUT2D eigenvalue weighted by atomic mass is 14.2. The molecule has 0 amide bonds. The van der Waals surface area contributed by atoms with Gasteiger partial charge in [-0.15, -0.1) is 0 Å². The molecule has 76 valence electrons. The smallest absolute Gasteiger partial charge is 0.0149 e. The fourth-order valence-corrected chi connectivity index (χ4v) is 1.07. The van der Waals surface area contributed by atoms with E-state index in [-0.39, 0.29) is 5.41 Å². The quantitative estimate of drug-likeness (QED) is 0.660. The van der Waals surface area contributed by atoms with Crippen LogP contribution in [-0.4, -0.2) is 0 Å². The second-order valence-corrected chi connectivity index (χ2v) is 4.72. The van der Waals surface area contributed by atoms with Crippen molar-refractivity contribution >= 4 is 6.08 Å². The van der Waals surface area contributed by atoms with Crippen molar-refractivity contribution in [2.45, 2.75) is 27.7 Å². The monoisotopic (exact) mass is 188 g/mol. The Balaban J connectivity index is 2.74. The Labute approximate surface area is 87.7 Å². The molecule has 0 unspecified atom stereocenters. The number of hydrogen-bond acceptors (Lipinski definition) is 0. The summed E-state index contributed by atoms with van der Waals surface area (Å²) in [5.41, 5.74) is 1.55. The summed E-state index contributed by atoms with van der Waals surface area (Å²) >= 11 is 0. The lowest BCUT2D eigenvalue weighted by atomic mass is 9.81. The van der Waals surface area contributed by atoms with Crippen LogP contribution in [-0.2, 0) is 0 Å². The molecule has 0 heteroatoms. The molecular weight excluding hydrogens is 168 g/mol. The maximum atomic E-state index is 2.30. The van der Waals surface area contributed by atoms with Crippen LogP contribution < -0.4 is 0 Å². The van der Waals surface area contributed by atoms with Crippen LogP contribution in [0.3, 0.4) is 0 Å². The zero-order valence-electron chi connectivity index (χ0n) is 9.62. The van der Waals surface area contributed by atoms with Gasteiger partial charge in [-0.25, -0.2) is 0 Å². The van der Waals surface area contributed by atoms with E-state index in [1.807, 2.05) is 6.07 Å². The van der Waals surface area contributed by atoms with Crippen molar-refractivity contribution in [2.24, 2.45) is 11.3 Å². The molecule has 14 heavy (non-hydrogen) atoms. The second-order valence-electron chi connectivity index (χ2n) is 4.72. The highest BCUT2D eigenvalue weighted by Gasteiger charge is 2.17. The van der Waals surface area contributed by atoms with E-state index in [4.69, 9.17) is 0 Å². The highest BCUT2D eigenvalue weighted by Crippen LogP contribution is 2.28. The molecule has 0 N–H and O–H groups in total. The summed E-state index contributed by atoms with van der Waals surface area (Å²) in [6.45, 7) is 9.07. The first-order valence-corrected chi connectivity index (χ1v) is 5.26. The van der Waals surface area contributed by atoms with Crippen LogP contribution in [0.4, 0.5) is 0 Å². The molecule has 0 atom stereocenters.